The first kappa shape index (κ1) is 14.8. The highest BCUT2D eigenvalue weighted by Gasteiger charge is 2.25. The smallest absolute Gasteiger partial charge is 0.252 e. The summed E-state index contributed by atoms with van der Waals surface area (Å²) in [5, 5.41) is 4.51. The number of carbonyl (C=O) groups excluding carboxylic acids is 1. The van der Waals surface area contributed by atoms with E-state index in [4.69, 9.17) is 23.2 Å². The molecular formula is C14H13Cl2N3OS. The third-order valence-electron chi connectivity index (χ3n) is 3.39. The molecule has 1 N–H and O–H groups in total. The van der Waals surface area contributed by atoms with Gasteiger partial charge in [-0.3, -0.25) is 4.79 Å². The lowest BCUT2D eigenvalue weighted by Gasteiger charge is -2.22. The van der Waals surface area contributed by atoms with Crippen molar-refractivity contribution in [2.75, 3.05) is 0 Å². The fourth-order valence-corrected chi connectivity index (χ4v) is 4.04. The maximum atomic E-state index is 12.4. The summed E-state index contributed by atoms with van der Waals surface area (Å²) in [6.07, 6.45) is 2.94. The molecule has 0 bridgehead atoms. The molecule has 0 aromatic carbocycles. The molecule has 0 spiro atoms. The van der Waals surface area contributed by atoms with Crippen molar-refractivity contribution in [3.63, 3.8) is 0 Å². The molecule has 2 heterocycles. The zero-order chi connectivity index (χ0) is 15.0. The molecule has 1 amide bonds. The Morgan fingerprint density at radius 3 is 2.76 bits per heavy atom. The molecule has 0 saturated heterocycles. The molecule has 3 rings (SSSR count). The van der Waals surface area contributed by atoms with Crippen molar-refractivity contribution in [2.45, 2.75) is 32.2 Å². The van der Waals surface area contributed by atoms with Crippen LogP contribution in [-0.4, -0.2) is 15.9 Å². The van der Waals surface area contributed by atoms with Crippen molar-refractivity contribution in [1.29, 1.82) is 0 Å². The van der Waals surface area contributed by atoms with Crippen LogP contribution in [-0.2, 0) is 6.42 Å². The van der Waals surface area contributed by atoms with Crippen LogP contribution in [0.2, 0.25) is 10.3 Å². The molecule has 0 aliphatic heterocycles. The second-order valence-corrected chi connectivity index (χ2v) is 6.97. The number of pyridine rings is 1. The number of hydrogen-bond acceptors (Lipinski definition) is 4. The molecule has 1 aliphatic carbocycles. The van der Waals surface area contributed by atoms with Crippen molar-refractivity contribution in [3.05, 3.63) is 43.6 Å². The van der Waals surface area contributed by atoms with E-state index < -0.39 is 0 Å². The van der Waals surface area contributed by atoms with Crippen LogP contribution in [0, 0.1) is 6.92 Å². The molecule has 1 atom stereocenters. The average molecular weight is 342 g/mol. The summed E-state index contributed by atoms with van der Waals surface area (Å²) in [7, 11) is 0. The van der Waals surface area contributed by atoms with Gasteiger partial charge in [0, 0.05) is 5.56 Å². The first-order valence-corrected chi connectivity index (χ1v) is 8.20. The molecule has 7 heteroatoms. The topological polar surface area (TPSA) is 54.9 Å². The monoisotopic (exact) mass is 341 g/mol. The number of nitrogens with one attached hydrogen (secondary N) is 1. The van der Waals surface area contributed by atoms with Gasteiger partial charge >= 0.3 is 0 Å². The predicted octanol–water partition coefficient (Wildman–Crippen LogP) is 3.96. The van der Waals surface area contributed by atoms with Gasteiger partial charge in [0.05, 0.1) is 21.6 Å². The molecule has 0 fully saturated rings. The van der Waals surface area contributed by atoms with Gasteiger partial charge in [-0.05, 0) is 38.3 Å². The summed E-state index contributed by atoms with van der Waals surface area (Å²) in [5.74, 6) is -0.190. The van der Waals surface area contributed by atoms with Crippen LogP contribution in [0.15, 0.2) is 12.1 Å². The summed E-state index contributed by atoms with van der Waals surface area (Å²) in [4.78, 5) is 21.9. The Bertz CT molecular complexity index is 681. The number of amides is 1. The lowest BCUT2D eigenvalue weighted by atomic mass is 9.98. The molecular weight excluding hydrogens is 329 g/mol. The minimum absolute atomic E-state index is 0.0122. The number of carbonyl (C=O) groups is 1. The van der Waals surface area contributed by atoms with Crippen LogP contribution < -0.4 is 5.32 Å². The molecule has 0 radical (unpaired) electrons. The Kier molecular flexibility index (Phi) is 4.15. The van der Waals surface area contributed by atoms with E-state index in [1.807, 2.05) is 6.92 Å². The van der Waals surface area contributed by atoms with Gasteiger partial charge in [0.2, 0.25) is 0 Å². The number of nitrogens with zero attached hydrogens (tertiary/aromatic N) is 2. The Hall–Kier alpha value is -1.17. The van der Waals surface area contributed by atoms with Crippen molar-refractivity contribution in [2.24, 2.45) is 0 Å². The molecule has 2 aromatic heterocycles. The van der Waals surface area contributed by atoms with Crippen molar-refractivity contribution in [1.82, 2.24) is 15.3 Å². The van der Waals surface area contributed by atoms with Gasteiger partial charge in [-0.1, -0.05) is 23.2 Å². The zero-order valence-electron chi connectivity index (χ0n) is 11.3. The van der Waals surface area contributed by atoms with E-state index in [2.05, 4.69) is 15.3 Å². The molecule has 0 saturated carbocycles. The van der Waals surface area contributed by atoms with Crippen LogP contribution in [0.5, 0.6) is 0 Å². The summed E-state index contributed by atoms with van der Waals surface area (Å²) in [6.45, 7) is 1.99. The lowest BCUT2D eigenvalue weighted by Crippen LogP contribution is -2.30. The normalized spacial score (nSPS) is 17.4. The highest BCUT2D eigenvalue weighted by molar-refractivity contribution is 7.11. The van der Waals surface area contributed by atoms with Crippen molar-refractivity contribution >= 4 is 40.4 Å². The van der Waals surface area contributed by atoms with Crippen LogP contribution in [0.4, 0.5) is 0 Å². The molecule has 110 valence electrons. The van der Waals surface area contributed by atoms with Gasteiger partial charge in [0.25, 0.3) is 5.91 Å². The molecule has 1 unspecified atom stereocenters. The Labute approximate surface area is 136 Å². The summed E-state index contributed by atoms with van der Waals surface area (Å²) in [6, 6.07) is 3.05. The van der Waals surface area contributed by atoms with Gasteiger partial charge < -0.3 is 5.32 Å². The van der Waals surface area contributed by atoms with E-state index in [-0.39, 0.29) is 22.3 Å². The van der Waals surface area contributed by atoms with E-state index in [0.29, 0.717) is 5.56 Å². The third kappa shape index (κ3) is 3.20. The minimum Gasteiger partial charge on any atom is -0.344 e. The maximum absolute atomic E-state index is 12.4. The lowest BCUT2D eigenvalue weighted by molar-refractivity contribution is 0.0933. The van der Waals surface area contributed by atoms with Gasteiger partial charge in [-0.25, -0.2) is 9.97 Å². The van der Waals surface area contributed by atoms with Crippen molar-refractivity contribution < 1.29 is 4.79 Å². The molecule has 2 aromatic rings. The third-order valence-corrected chi connectivity index (χ3v) is 4.90. The SMILES string of the molecule is Cc1nc2c(s1)C(NC(=O)c1cc(Cl)nc(Cl)c1)CCC2. The number of fused-ring (bicyclic) bond motifs is 1. The van der Waals surface area contributed by atoms with Crippen LogP contribution in [0.1, 0.15) is 44.8 Å². The van der Waals surface area contributed by atoms with E-state index in [1.54, 1.807) is 11.3 Å². The van der Waals surface area contributed by atoms with E-state index in [9.17, 15) is 4.79 Å². The second-order valence-electron chi connectivity index (χ2n) is 4.96. The van der Waals surface area contributed by atoms with Crippen molar-refractivity contribution in [3.8, 4) is 0 Å². The van der Waals surface area contributed by atoms with Crippen LogP contribution in [0.3, 0.4) is 0 Å². The Morgan fingerprint density at radius 2 is 2.05 bits per heavy atom. The first-order chi connectivity index (χ1) is 10.0. The first-order valence-electron chi connectivity index (χ1n) is 6.63. The quantitative estimate of drug-likeness (QED) is 0.841. The average Bonchev–Trinajstić information content (AvgIpc) is 2.79. The molecule has 21 heavy (non-hydrogen) atoms. The predicted molar refractivity (Wildman–Crippen MR) is 84.3 cm³/mol. The Morgan fingerprint density at radius 1 is 1.33 bits per heavy atom. The zero-order valence-corrected chi connectivity index (χ0v) is 13.6. The number of hydrogen-bond donors (Lipinski definition) is 1. The Balaban J connectivity index is 1.82. The number of thiazole rings is 1. The second kappa shape index (κ2) is 5.91. The largest absolute Gasteiger partial charge is 0.344 e. The number of rotatable bonds is 2. The fraction of sp³-hybridized carbons (Fsp3) is 0.357. The van der Waals surface area contributed by atoms with Gasteiger partial charge in [-0.2, -0.15) is 0 Å². The number of aromatic nitrogens is 2. The fourth-order valence-electron chi connectivity index (χ4n) is 2.52. The number of aryl methyl sites for hydroxylation is 2. The van der Waals surface area contributed by atoms with E-state index in [1.165, 1.54) is 17.0 Å². The highest BCUT2D eigenvalue weighted by atomic mass is 35.5. The maximum Gasteiger partial charge on any atom is 0.252 e. The van der Waals surface area contributed by atoms with Crippen LogP contribution in [0.25, 0.3) is 0 Å². The van der Waals surface area contributed by atoms with Gasteiger partial charge in [0.1, 0.15) is 10.3 Å². The van der Waals surface area contributed by atoms with E-state index in [0.717, 1.165) is 30.0 Å². The standard InChI is InChI=1S/C14H13Cl2N3OS/c1-7-17-9-3-2-4-10(13(9)21-7)18-14(20)8-5-11(15)19-12(16)6-8/h5-6,10H,2-4H2,1H3,(H,18,20). The summed E-state index contributed by atoms with van der Waals surface area (Å²) >= 11 is 13.3. The summed E-state index contributed by atoms with van der Waals surface area (Å²) < 4.78 is 0. The van der Waals surface area contributed by atoms with Gasteiger partial charge in [0.15, 0.2) is 0 Å². The number of halogens is 2. The van der Waals surface area contributed by atoms with E-state index >= 15 is 0 Å². The molecule has 4 nitrogen and oxygen atoms in total. The molecule has 1 aliphatic rings. The van der Waals surface area contributed by atoms with Gasteiger partial charge in [-0.15, -0.1) is 11.3 Å². The highest BCUT2D eigenvalue weighted by Crippen LogP contribution is 2.34. The minimum atomic E-state index is -0.190. The van der Waals surface area contributed by atoms with Crippen LogP contribution >= 0.6 is 34.5 Å². The summed E-state index contributed by atoms with van der Waals surface area (Å²) in [5.41, 5.74) is 1.54.